The molecule has 29 heavy (non-hydrogen) atoms. The van der Waals surface area contributed by atoms with Gasteiger partial charge >= 0.3 is 0 Å². The van der Waals surface area contributed by atoms with Gasteiger partial charge in [0.2, 0.25) is 5.91 Å². The highest BCUT2D eigenvalue weighted by molar-refractivity contribution is 5.75. The van der Waals surface area contributed by atoms with Gasteiger partial charge in [-0.2, -0.15) is 0 Å². The molecule has 0 radical (unpaired) electrons. The molecule has 0 unspecified atom stereocenters. The molecule has 3 rings (SSSR count). The predicted molar refractivity (Wildman–Crippen MR) is 114 cm³/mol. The van der Waals surface area contributed by atoms with Crippen LogP contribution in [-0.4, -0.2) is 56.7 Å². The van der Waals surface area contributed by atoms with Crippen molar-refractivity contribution in [2.75, 3.05) is 50.8 Å². The quantitative estimate of drug-likeness (QED) is 0.623. The molecule has 0 saturated carbocycles. The van der Waals surface area contributed by atoms with Crippen LogP contribution in [0.3, 0.4) is 0 Å². The fourth-order valence-electron chi connectivity index (χ4n) is 3.46. The zero-order valence-electron chi connectivity index (χ0n) is 16.9. The van der Waals surface area contributed by atoms with Crippen LogP contribution in [0, 0.1) is 5.82 Å². The van der Waals surface area contributed by atoms with Crippen LogP contribution < -0.4 is 15.0 Å². The lowest BCUT2D eigenvalue weighted by molar-refractivity contribution is -0.121. The van der Waals surface area contributed by atoms with Gasteiger partial charge in [-0.05, 0) is 43.7 Å². The van der Waals surface area contributed by atoms with Gasteiger partial charge in [0.05, 0.1) is 6.61 Å². The molecule has 2 aromatic rings. The molecule has 5 nitrogen and oxygen atoms in total. The van der Waals surface area contributed by atoms with Crippen LogP contribution in [0.5, 0.6) is 5.75 Å². The van der Waals surface area contributed by atoms with E-state index in [1.165, 1.54) is 11.8 Å². The lowest BCUT2D eigenvalue weighted by atomic mass is 10.2. The average Bonchev–Trinajstić information content (AvgIpc) is 2.76. The summed E-state index contributed by atoms with van der Waals surface area (Å²) >= 11 is 0. The largest absolute Gasteiger partial charge is 0.491 e. The van der Waals surface area contributed by atoms with Crippen molar-refractivity contribution in [3.63, 3.8) is 0 Å². The molecule has 1 fully saturated rings. The van der Waals surface area contributed by atoms with Crippen LogP contribution in [0.4, 0.5) is 10.1 Å². The molecule has 2 aromatic carbocycles. The number of para-hydroxylation sites is 2. The number of piperazine rings is 1. The van der Waals surface area contributed by atoms with Gasteiger partial charge in [0.1, 0.15) is 0 Å². The lowest BCUT2D eigenvalue weighted by Gasteiger charge is -2.36. The highest BCUT2D eigenvalue weighted by Crippen LogP contribution is 2.16. The Labute approximate surface area is 172 Å². The third kappa shape index (κ3) is 7.06. The third-order valence-corrected chi connectivity index (χ3v) is 5.11. The van der Waals surface area contributed by atoms with Gasteiger partial charge < -0.3 is 15.0 Å². The summed E-state index contributed by atoms with van der Waals surface area (Å²) in [5, 5.41) is 2.96. The summed E-state index contributed by atoms with van der Waals surface area (Å²) in [6.07, 6.45) is 1.91. The first-order chi connectivity index (χ1) is 14.2. The summed E-state index contributed by atoms with van der Waals surface area (Å²) in [5.74, 6) is -0.113. The van der Waals surface area contributed by atoms with Gasteiger partial charge in [0.25, 0.3) is 0 Å². The van der Waals surface area contributed by atoms with E-state index in [1.54, 1.807) is 18.2 Å². The number of hydrogen-bond acceptors (Lipinski definition) is 4. The Morgan fingerprint density at radius 1 is 0.966 bits per heavy atom. The summed E-state index contributed by atoms with van der Waals surface area (Å²) in [4.78, 5) is 16.8. The second kappa shape index (κ2) is 11.4. The maximum absolute atomic E-state index is 13.4. The maximum Gasteiger partial charge on any atom is 0.220 e. The zero-order chi connectivity index (χ0) is 20.3. The van der Waals surface area contributed by atoms with Crippen LogP contribution in [-0.2, 0) is 4.79 Å². The monoisotopic (exact) mass is 399 g/mol. The van der Waals surface area contributed by atoms with Crippen LogP contribution >= 0.6 is 0 Å². The Balaban J connectivity index is 1.21. The van der Waals surface area contributed by atoms with Crippen molar-refractivity contribution in [1.29, 1.82) is 0 Å². The van der Waals surface area contributed by atoms with E-state index >= 15 is 0 Å². The smallest absolute Gasteiger partial charge is 0.220 e. The standard InChI is InChI=1S/C23H30FN3O2/c24-21-10-4-5-11-22(21)29-19-6-12-23(28)25-13-7-14-26-15-17-27(18-16-26)20-8-2-1-3-9-20/h1-5,8-11H,6-7,12-19H2,(H,25,28). The molecule has 0 bridgehead atoms. The number of hydrogen-bond donors (Lipinski definition) is 1. The number of carbonyl (C=O) groups excluding carboxylic acids is 1. The normalized spacial score (nSPS) is 14.6. The van der Waals surface area contributed by atoms with Gasteiger partial charge in [0.15, 0.2) is 11.6 Å². The lowest BCUT2D eigenvalue weighted by Crippen LogP contribution is -2.47. The molecule has 0 atom stereocenters. The Hall–Kier alpha value is -2.60. The molecule has 6 heteroatoms. The topological polar surface area (TPSA) is 44.8 Å². The molecule has 0 aromatic heterocycles. The Bertz CT molecular complexity index is 749. The number of nitrogens with one attached hydrogen (secondary N) is 1. The number of ether oxygens (including phenoxy) is 1. The molecule has 1 amide bonds. The fourth-order valence-corrected chi connectivity index (χ4v) is 3.46. The van der Waals surface area contributed by atoms with E-state index in [2.05, 4.69) is 39.4 Å². The minimum atomic E-state index is -0.374. The van der Waals surface area contributed by atoms with Gasteiger partial charge in [0, 0.05) is 44.8 Å². The minimum Gasteiger partial charge on any atom is -0.491 e. The fraction of sp³-hybridized carbons (Fsp3) is 0.435. The first kappa shape index (κ1) is 21.1. The molecule has 1 N–H and O–H groups in total. The minimum absolute atomic E-state index is 0.0241. The van der Waals surface area contributed by atoms with Crippen LogP contribution in [0.1, 0.15) is 19.3 Å². The summed E-state index contributed by atoms with van der Waals surface area (Å²) < 4.78 is 18.8. The molecular formula is C23H30FN3O2. The van der Waals surface area contributed by atoms with Crippen molar-refractivity contribution in [2.45, 2.75) is 19.3 Å². The zero-order valence-corrected chi connectivity index (χ0v) is 16.9. The van der Waals surface area contributed by atoms with Crippen molar-refractivity contribution >= 4 is 11.6 Å². The van der Waals surface area contributed by atoms with Crippen molar-refractivity contribution < 1.29 is 13.9 Å². The SMILES string of the molecule is O=C(CCCOc1ccccc1F)NCCCN1CCN(c2ccccc2)CC1. The Morgan fingerprint density at radius 2 is 1.69 bits per heavy atom. The number of halogens is 1. The summed E-state index contributed by atoms with van der Waals surface area (Å²) in [7, 11) is 0. The van der Waals surface area contributed by atoms with E-state index in [1.807, 2.05) is 6.07 Å². The number of rotatable bonds is 10. The van der Waals surface area contributed by atoms with Gasteiger partial charge in [-0.25, -0.2) is 4.39 Å². The van der Waals surface area contributed by atoms with Crippen LogP contribution in [0.15, 0.2) is 54.6 Å². The molecule has 0 spiro atoms. The van der Waals surface area contributed by atoms with E-state index in [-0.39, 0.29) is 17.5 Å². The van der Waals surface area contributed by atoms with E-state index in [4.69, 9.17) is 4.74 Å². The first-order valence-electron chi connectivity index (χ1n) is 10.4. The van der Waals surface area contributed by atoms with Crippen molar-refractivity contribution in [1.82, 2.24) is 10.2 Å². The first-order valence-corrected chi connectivity index (χ1v) is 10.4. The van der Waals surface area contributed by atoms with Crippen molar-refractivity contribution in [2.24, 2.45) is 0 Å². The van der Waals surface area contributed by atoms with Gasteiger partial charge in [-0.15, -0.1) is 0 Å². The average molecular weight is 400 g/mol. The number of amides is 1. The third-order valence-electron chi connectivity index (χ3n) is 5.11. The number of carbonyl (C=O) groups is 1. The second-order valence-electron chi connectivity index (χ2n) is 7.25. The number of nitrogens with zero attached hydrogens (tertiary/aromatic N) is 2. The highest BCUT2D eigenvalue weighted by atomic mass is 19.1. The maximum atomic E-state index is 13.4. The molecule has 156 valence electrons. The molecule has 0 aliphatic carbocycles. The van der Waals surface area contributed by atoms with Crippen LogP contribution in [0.25, 0.3) is 0 Å². The number of anilines is 1. The second-order valence-corrected chi connectivity index (χ2v) is 7.25. The predicted octanol–water partition coefficient (Wildman–Crippen LogP) is 3.31. The summed E-state index contributed by atoms with van der Waals surface area (Å²) in [6.45, 7) is 6.20. The number of benzene rings is 2. The molecule has 1 saturated heterocycles. The molecule has 1 heterocycles. The van der Waals surface area contributed by atoms with E-state index in [0.717, 1.165) is 39.1 Å². The summed E-state index contributed by atoms with van der Waals surface area (Å²) in [6, 6.07) is 16.8. The van der Waals surface area contributed by atoms with E-state index in [0.29, 0.717) is 26.0 Å². The van der Waals surface area contributed by atoms with Gasteiger partial charge in [-0.3, -0.25) is 9.69 Å². The van der Waals surface area contributed by atoms with Gasteiger partial charge in [-0.1, -0.05) is 30.3 Å². The molecular weight excluding hydrogens is 369 g/mol. The summed E-state index contributed by atoms with van der Waals surface area (Å²) in [5.41, 5.74) is 1.29. The molecule has 1 aliphatic heterocycles. The van der Waals surface area contributed by atoms with Crippen molar-refractivity contribution in [3.8, 4) is 5.75 Å². The Kier molecular flexibility index (Phi) is 8.31. The molecule has 1 aliphatic rings. The van der Waals surface area contributed by atoms with E-state index in [9.17, 15) is 9.18 Å². The Morgan fingerprint density at radius 3 is 2.45 bits per heavy atom. The van der Waals surface area contributed by atoms with E-state index < -0.39 is 0 Å². The van der Waals surface area contributed by atoms with Crippen molar-refractivity contribution in [3.05, 3.63) is 60.4 Å². The highest BCUT2D eigenvalue weighted by Gasteiger charge is 2.16. The van der Waals surface area contributed by atoms with Crippen LogP contribution in [0.2, 0.25) is 0 Å².